The number of pyridine rings is 1. The number of hydrogen-bond donors (Lipinski definition) is 0. The minimum atomic E-state index is -0.0539. The Kier molecular flexibility index (Phi) is 5.53. The molecule has 2 amide bonds. The molecule has 0 N–H and O–H groups in total. The summed E-state index contributed by atoms with van der Waals surface area (Å²) in [5.74, 6) is 0.0680. The summed E-state index contributed by atoms with van der Waals surface area (Å²) >= 11 is 1.68. The molecule has 2 aromatic rings. The maximum atomic E-state index is 13.0. The Bertz CT molecular complexity index is 785. The molecule has 142 valence electrons. The number of thiophene rings is 1. The van der Waals surface area contributed by atoms with Crippen LogP contribution in [0.4, 0.5) is 0 Å². The number of aromatic nitrogens is 1. The molecule has 3 heterocycles. The molecule has 1 fully saturated rings. The van der Waals surface area contributed by atoms with Crippen molar-refractivity contribution in [2.75, 3.05) is 26.2 Å². The Labute approximate surface area is 164 Å². The van der Waals surface area contributed by atoms with E-state index in [4.69, 9.17) is 0 Å². The quantitative estimate of drug-likeness (QED) is 0.799. The molecular weight excluding hydrogens is 358 g/mol. The molecule has 0 aromatic carbocycles. The number of carbonyl (C=O) groups excluding carboxylic acids is 2. The molecule has 2 aromatic heterocycles. The van der Waals surface area contributed by atoms with E-state index < -0.39 is 0 Å². The van der Waals surface area contributed by atoms with E-state index in [1.165, 1.54) is 36.1 Å². The highest BCUT2D eigenvalue weighted by atomic mass is 32.1. The highest BCUT2D eigenvalue weighted by Crippen LogP contribution is 2.29. The van der Waals surface area contributed by atoms with E-state index in [2.05, 4.69) is 11.1 Å². The van der Waals surface area contributed by atoms with Crippen molar-refractivity contribution in [2.45, 2.75) is 38.5 Å². The first-order valence-electron chi connectivity index (χ1n) is 9.83. The molecule has 0 atom stereocenters. The Morgan fingerprint density at radius 2 is 1.59 bits per heavy atom. The lowest BCUT2D eigenvalue weighted by Crippen LogP contribution is -2.50. The van der Waals surface area contributed by atoms with Crippen molar-refractivity contribution in [3.8, 4) is 0 Å². The molecular formula is C21H25N3O2S. The van der Waals surface area contributed by atoms with Gasteiger partial charge >= 0.3 is 0 Å². The van der Waals surface area contributed by atoms with Crippen LogP contribution >= 0.6 is 11.3 Å². The average Bonchev–Trinajstić information content (AvgIpc) is 3.09. The second kappa shape index (κ2) is 8.21. The van der Waals surface area contributed by atoms with E-state index in [9.17, 15) is 9.59 Å². The zero-order valence-electron chi connectivity index (χ0n) is 15.5. The van der Waals surface area contributed by atoms with Gasteiger partial charge in [-0.15, -0.1) is 11.3 Å². The first-order valence-corrected chi connectivity index (χ1v) is 10.7. The first-order chi connectivity index (χ1) is 13.2. The van der Waals surface area contributed by atoms with Crippen LogP contribution < -0.4 is 0 Å². The van der Waals surface area contributed by atoms with Crippen molar-refractivity contribution in [2.24, 2.45) is 0 Å². The lowest BCUT2D eigenvalue weighted by Gasteiger charge is -2.34. The maximum Gasteiger partial charge on any atom is 0.272 e. The number of rotatable bonds is 2. The van der Waals surface area contributed by atoms with E-state index in [0.29, 0.717) is 31.9 Å². The predicted octanol–water partition coefficient (Wildman–Crippen LogP) is 3.40. The standard InChI is InChI=1S/C21H25N3O2S/c25-20(17-8-5-6-10-22-17)23-11-13-24(14-12-23)21(26)19-15-16-7-3-1-2-4-9-18(16)27-19/h5-6,8,10,15H,1-4,7,9,11-14H2. The van der Waals surface area contributed by atoms with E-state index >= 15 is 0 Å². The van der Waals surface area contributed by atoms with Crippen LogP contribution in [0.2, 0.25) is 0 Å². The number of aryl methyl sites for hydroxylation is 2. The summed E-state index contributed by atoms with van der Waals surface area (Å²) in [5, 5.41) is 0. The Morgan fingerprint density at radius 3 is 2.30 bits per heavy atom. The highest BCUT2D eigenvalue weighted by Gasteiger charge is 2.27. The van der Waals surface area contributed by atoms with Crippen LogP contribution in [-0.2, 0) is 12.8 Å². The summed E-state index contributed by atoms with van der Waals surface area (Å²) in [6.45, 7) is 2.29. The fraction of sp³-hybridized carbons (Fsp3) is 0.476. The summed E-state index contributed by atoms with van der Waals surface area (Å²) in [5.41, 5.74) is 1.85. The Hall–Kier alpha value is -2.21. The summed E-state index contributed by atoms with van der Waals surface area (Å²) < 4.78 is 0. The van der Waals surface area contributed by atoms with Crippen LogP contribution in [-0.4, -0.2) is 52.8 Å². The van der Waals surface area contributed by atoms with Crippen molar-refractivity contribution in [3.63, 3.8) is 0 Å². The number of fused-ring (bicyclic) bond motifs is 1. The van der Waals surface area contributed by atoms with Crippen LogP contribution in [0.15, 0.2) is 30.5 Å². The minimum Gasteiger partial charge on any atom is -0.334 e. The average molecular weight is 384 g/mol. The van der Waals surface area contributed by atoms with Gasteiger partial charge in [-0.05, 0) is 49.4 Å². The number of amides is 2. The first kappa shape index (κ1) is 18.2. The van der Waals surface area contributed by atoms with Gasteiger partial charge in [0.15, 0.2) is 0 Å². The molecule has 0 radical (unpaired) electrons. The van der Waals surface area contributed by atoms with Crippen LogP contribution in [0.1, 0.15) is 56.3 Å². The number of carbonyl (C=O) groups is 2. The Balaban J connectivity index is 1.39. The normalized spacial score (nSPS) is 17.8. The van der Waals surface area contributed by atoms with Crippen LogP contribution in [0.5, 0.6) is 0 Å². The van der Waals surface area contributed by atoms with Gasteiger partial charge in [0.25, 0.3) is 11.8 Å². The zero-order valence-corrected chi connectivity index (χ0v) is 16.3. The molecule has 0 saturated carbocycles. The molecule has 1 saturated heterocycles. The van der Waals surface area contributed by atoms with E-state index in [1.807, 2.05) is 11.0 Å². The minimum absolute atomic E-state index is 0.0539. The van der Waals surface area contributed by atoms with Crippen LogP contribution in [0, 0.1) is 0 Å². The topological polar surface area (TPSA) is 53.5 Å². The predicted molar refractivity (Wildman–Crippen MR) is 106 cm³/mol. The smallest absolute Gasteiger partial charge is 0.272 e. The number of piperazine rings is 1. The van der Waals surface area contributed by atoms with Gasteiger partial charge < -0.3 is 9.80 Å². The van der Waals surface area contributed by atoms with Gasteiger partial charge in [-0.1, -0.05) is 18.9 Å². The van der Waals surface area contributed by atoms with Gasteiger partial charge in [0.1, 0.15) is 5.69 Å². The van der Waals surface area contributed by atoms with Crippen LogP contribution in [0.25, 0.3) is 0 Å². The van der Waals surface area contributed by atoms with Crippen molar-refractivity contribution < 1.29 is 9.59 Å². The van der Waals surface area contributed by atoms with Crippen molar-refractivity contribution in [3.05, 3.63) is 51.5 Å². The lowest BCUT2D eigenvalue weighted by atomic mass is 10.00. The van der Waals surface area contributed by atoms with Gasteiger partial charge in [-0.25, -0.2) is 0 Å². The molecule has 4 rings (SSSR count). The molecule has 1 aliphatic heterocycles. The molecule has 0 unspecified atom stereocenters. The second-order valence-electron chi connectivity index (χ2n) is 7.27. The van der Waals surface area contributed by atoms with E-state index in [0.717, 1.165) is 17.7 Å². The van der Waals surface area contributed by atoms with Crippen LogP contribution in [0.3, 0.4) is 0 Å². The summed E-state index contributed by atoms with van der Waals surface area (Å²) in [7, 11) is 0. The SMILES string of the molecule is O=C(c1ccccn1)N1CCN(C(=O)c2cc3c(s2)CCCCCC3)CC1. The molecule has 1 aliphatic carbocycles. The fourth-order valence-electron chi connectivity index (χ4n) is 3.87. The van der Waals surface area contributed by atoms with Gasteiger partial charge in [0.2, 0.25) is 0 Å². The highest BCUT2D eigenvalue weighted by molar-refractivity contribution is 7.14. The largest absolute Gasteiger partial charge is 0.334 e. The molecule has 27 heavy (non-hydrogen) atoms. The maximum absolute atomic E-state index is 13.0. The van der Waals surface area contributed by atoms with Crippen molar-refractivity contribution in [1.29, 1.82) is 0 Å². The Morgan fingerprint density at radius 1 is 0.889 bits per heavy atom. The lowest BCUT2D eigenvalue weighted by molar-refractivity contribution is 0.0535. The monoisotopic (exact) mass is 383 g/mol. The van der Waals surface area contributed by atoms with Gasteiger partial charge in [0.05, 0.1) is 4.88 Å². The third kappa shape index (κ3) is 4.05. The van der Waals surface area contributed by atoms with E-state index in [1.54, 1.807) is 34.6 Å². The number of hydrogen-bond acceptors (Lipinski definition) is 4. The third-order valence-corrected chi connectivity index (χ3v) is 6.67. The molecule has 2 aliphatic rings. The van der Waals surface area contributed by atoms with Gasteiger partial charge in [0, 0.05) is 37.3 Å². The van der Waals surface area contributed by atoms with Crippen molar-refractivity contribution >= 4 is 23.2 Å². The second-order valence-corrected chi connectivity index (χ2v) is 8.41. The molecule has 5 nitrogen and oxygen atoms in total. The fourth-order valence-corrected chi connectivity index (χ4v) is 5.09. The molecule has 0 spiro atoms. The van der Waals surface area contributed by atoms with E-state index in [-0.39, 0.29) is 11.8 Å². The summed E-state index contributed by atoms with van der Waals surface area (Å²) in [6.07, 6.45) is 8.90. The summed E-state index contributed by atoms with van der Waals surface area (Å²) in [6, 6.07) is 7.49. The summed E-state index contributed by atoms with van der Waals surface area (Å²) in [4.78, 5) is 35.6. The zero-order chi connectivity index (χ0) is 18.6. The molecule has 0 bridgehead atoms. The van der Waals surface area contributed by atoms with Gasteiger partial charge in [-0.2, -0.15) is 0 Å². The number of nitrogens with zero attached hydrogens (tertiary/aromatic N) is 3. The van der Waals surface area contributed by atoms with Crippen molar-refractivity contribution in [1.82, 2.24) is 14.8 Å². The van der Waals surface area contributed by atoms with Gasteiger partial charge in [-0.3, -0.25) is 14.6 Å². The third-order valence-electron chi connectivity index (χ3n) is 5.45. The molecule has 6 heteroatoms.